The highest BCUT2D eigenvalue weighted by molar-refractivity contribution is 7.91. The second-order valence-corrected chi connectivity index (χ2v) is 9.06. The fraction of sp³-hybridized carbons (Fsp3) is 0.292. The first kappa shape index (κ1) is 21.8. The normalized spacial score (nSPS) is 18.9. The van der Waals surface area contributed by atoms with Crippen molar-refractivity contribution in [1.82, 2.24) is 10.3 Å². The molecule has 0 saturated carbocycles. The number of aliphatic hydroxyl groups excluding tert-OH is 1. The maximum atomic E-state index is 13.5. The van der Waals surface area contributed by atoms with Crippen molar-refractivity contribution in [3.8, 4) is 5.88 Å². The number of hydrogen-bond acceptors (Lipinski definition) is 5. The molecule has 1 aliphatic carbocycles. The fourth-order valence-corrected chi connectivity index (χ4v) is 5.56. The van der Waals surface area contributed by atoms with Gasteiger partial charge in [0, 0.05) is 24.4 Å². The first-order valence-corrected chi connectivity index (χ1v) is 11.5. The van der Waals surface area contributed by atoms with Crippen LogP contribution in [-0.4, -0.2) is 33.8 Å². The number of rotatable bonds is 8. The number of aryl methyl sites for hydroxylation is 1. The number of hydrogen-bond donors (Lipinski definition) is 2. The van der Waals surface area contributed by atoms with E-state index in [9.17, 15) is 14.0 Å². The lowest BCUT2D eigenvalue weighted by atomic mass is 9.89. The summed E-state index contributed by atoms with van der Waals surface area (Å²) >= 11 is -1.40. The number of halogens is 1. The van der Waals surface area contributed by atoms with Crippen LogP contribution in [0.3, 0.4) is 0 Å². The molecule has 0 fully saturated rings. The Balaban J connectivity index is 1.58. The number of pyridine rings is 1. The van der Waals surface area contributed by atoms with Gasteiger partial charge in [-0.05, 0) is 59.4 Å². The maximum Gasteiger partial charge on any atom is 0.213 e. The predicted octanol–water partition coefficient (Wildman–Crippen LogP) is 3.55. The van der Waals surface area contributed by atoms with Crippen molar-refractivity contribution >= 4 is 11.2 Å². The van der Waals surface area contributed by atoms with Crippen molar-refractivity contribution in [3.05, 3.63) is 89.4 Å². The lowest BCUT2D eigenvalue weighted by Crippen LogP contribution is -2.43. The summed E-state index contributed by atoms with van der Waals surface area (Å²) in [5.74, 6) is 0.178. The lowest BCUT2D eigenvalue weighted by molar-refractivity contribution is 0.278. The second kappa shape index (κ2) is 10.2. The first-order valence-electron chi connectivity index (χ1n) is 10.3. The van der Waals surface area contributed by atoms with Crippen LogP contribution in [0.1, 0.15) is 28.4 Å². The number of nitrogens with one attached hydrogen (secondary N) is 1. The summed E-state index contributed by atoms with van der Waals surface area (Å²) in [4.78, 5) is 5.04. The number of aromatic nitrogens is 1. The van der Waals surface area contributed by atoms with Crippen LogP contribution in [-0.2, 0) is 24.2 Å². The minimum Gasteiger partial charge on any atom is -0.611 e. The number of ether oxygens (including phenoxy) is 1. The van der Waals surface area contributed by atoms with E-state index < -0.39 is 11.2 Å². The van der Waals surface area contributed by atoms with Crippen LogP contribution in [0.2, 0.25) is 0 Å². The van der Waals surface area contributed by atoms with Gasteiger partial charge in [0.05, 0.1) is 12.6 Å². The minimum absolute atomic E-state index is 0.00374. The third-order valence-corrected chi connectivity index (χ3v) is 7.20. The van der Waals surface area contributed by atoms with Gasteiger partial charge in [0.1, 0.15) is 12.4 Å². The van der Waals surface area contributed by atoms with Crippen LogP contribution in [0.15, 0.2) is 71.8 Å². The number of nitrogens with zero attached hydrogens (tertiary/aromatic N) is 1. The zero-order valence-corrected chi connectivity index (χ0v) is 17.9. The van der Waals surface area contributed by atoms with E-state index >= 15 is 0 Å². The van der Waals surface area contributed by atoms with Crippen LogP contribution in [0, 0.1) is 5.82 Å². The van der Waals surface area contributed by atoms with Gasteiger partial charge in [-0.3, -0.25) is 0 Å². The molecule has 2 aromatic carbocycles. The van der Waals surface area contributed by atoms with Gasteiger partial charge in [-0.25, -0.2) is 9.37 Å². The fourth-order valence-electron chi connectivity index (χ4n) is 3.89. The number of aliphatic hydroxyl groups is 1. The summed E-state index contributed by atoms with van der Waals surface area (Å²) < 4.78 is 32.7. The van der Waals surface area contributed by atoms with E-state index in [1.807, 2.05) is 36.4 Å². The molecule has 3 atom stereocenters. The highest BCUT2D eigenvalue weighted by Crippen LogP contribution is 2.39. The monoisotopic (exact) mass is 440 g/mol. The molecule has 5 nitrogen and oxygen atoms in total. The summed E-state index contributed by atoms with van der Waals surface area (Å²) in [5, 5.41) is 12.2. The van der Waals surface area contributed by atoms with Crippen LogP contribution in [0.25, 0.3) is 0 Å². The minimum atomic E-state index is -1.40. The molecular formula is C24H25FN2O3S. The highest BCUT2D eigenvalue weighted by atomic mass is 32.2. The van der Waals surface area contributed by atoms with Crippen molar-refractivity contribution in [2.75, 3.05) is 13.2 Å². The third kappa shape index (κ3) is 5.25. The lowest BCUT2D eigenvalue weighted by Gasteiger charge is -2.34. The Morgan fingerprint density at radius 1 is 1.16 bits per heavy atom. The van der Waals surface area contributed by atoms with Crippen molar-refractivity contribution in [3.63, 3.8) is 0 Å². The van der Waals surface area contributed by atoms with E-state index in [2.05, 4.69) is 10.3 Å². The predicted molar refractivity (Wildman–Crippen MR) is 118 cm³/mol. The van der Waals surface area contributed by atoms with Gasteiger partial charge in [0.25, 0.3) is 0 Å². The van der Waals surface area contributed by atoms with Gasteiger partial charge >= 0.3 is 0 Å². The summed E-state index contributed by atoms with van der Waals surface area (Å²) in [6.07, 6.45) is 3.31. The van der Waals surface area contributed by atoms with Crippen LogP contribution in [0.5, 0.6) is 5.88 Å². The summed E-state index contributed by atoms with van der Waals surface area (Å²) in [6, 6.07) is 17.5. The van der Waals surface area contributed by atoms with E-state index in [4.69, 9.17) is 4.74 Å². The standard InChI is InChI=1S/C24H25FN2O3S/c25-19-7-9-20(10-8-19)31(29)24-21-15-27-23(30-16-17-4-2-1-3-5-17)14-18(21)6-11-22(24)26-12-13-28/h1-5,7-10,14-15,22,24,26,28H,6,11-13,16H2. The molecule has 0 radical (unpaired) electrons. The molecular weight excluding hydrogens is 415 g/mol. The zero-order chi connectivity index (χ0) is 21.6. The van der Waals surface area contributed by atoms with Gasteiger partial charge < -0.3 is 19.7 Å². The van der Waals surface area contributed by atoms with Crippen LogP contribution >= 0.6 is 0 Å². The van der Waals surface area contributed by atoms with E-state index in [0.29, 0.717) is 23.9 Å². The van der Waals surface area contributed by atoms with E-state index in [1.54, 1.807) is 18.3 Å². The molecule has 7 heteroatoms. The number of benzene rings is 2. The first-order chi connectivity index (χ1) is 15.2. The van der Waals surface area contributed by atoms with Crippen LogP contribution < -0.4 is 10.1 Å². The van der Waals surface area contributed by atoms with Gasteiger partial charge in [0.15, 0.2) is 10.1 Å². The van der Waals surface area contributed by atoms with E-state index in [1.165, 1.54) is 12.1 Å². The summed E-state index contributed by atoms with van der Waals surface area (Å²) in [7, 11) is 0. The molecule has 1 aliphatic rings. The molecule has 2 N–H and O–H groups in total. The van der Waals surface area contributed by atoms with Crippen molar-refractivity contribution in [2.24, 2.45) is 0 Å². The van der Waals surface area contributed by atoms with Crippen molar-refractivity contribution in [1.29, 1.82) is 0 Å². The topological polar surface area (TPSA) is 77.4 Å². The molecule has 162 valence electrons. The van der Waals surface area contributed by atoms with E-state index in [-0.39, 0.29) is 23.7 Å². The molecule has 0 saturated heterocycles. The smallest absolute Gasteiger partial charge is 0.213 e. The molecule has 1 aromatic heterocycles. The Hall–Kier alpha value is -2.45. The van der Waals surface area contributed by atoms with Gasteiger partial charge in [-0.2, -0.15) is 0 Å². The molecule has 0 aliphatic heterocycles. The molecule has 0 spiro atoms. The maximum absolute atomic E-state index is 13.5. The zero-order valence-electron chi connectivity index (χ0n) is 17.0. The molecule has 0 amide bonds. The summed E-state index contributed by atoms with van der Waals surface area (Å²) in [6.45, 7) is 0.852. The SMILES string of the molecule is [O-][S+](c1ccc(F)cc1)C1c2cnc(OCc3ccccc3)cc2CCC1NCCO. The average molecular weight is 441 g/mol. The molecule has 31 heavy (non-hydrogen) atoms. The number of fused-ring (bicyclic) bond motifs is 1. The second-order valence-electron chi connectivity index (χ2n) is 7.49. The van der Waals surface area contributed by atoms with Gasteiger partial charge in [-0.15, -0.1) is 0 Å². The molecule has 1 heterocycles. The molecule has 4 rings (SSSR count). The van der Waals surface area contributed by atoms with Gasteiger partial charge in [-0.1, -0.05) is 30.3 Å². The van der Waals surface area contributed by atoms with Crippen molar-refractivity contribution < 1.29 is 18.8 Å². The molecule has 3 unspecified atom stereocenters. The molecule has 0 bridgehead atoms. The summed E-state index contributed by atoms with van der Waals surface area (Å²) in [5.41, 5.74) is 3.02. The quantitative estimate of drug-likeness (QED) is 0.524. The Morgan fingerprint density at radius 3 is 2.68 bits per heavy atom. The largest absolute Gasteiger partial charge is 0.611 e. The Bertz CT molecular complexity index is 988. The highest BCUT2D eigenvalue weighted by Gasteiger charge is 2.39. The Kier molecular flexibility index (Phi) is 7.19. The van der Waals surface area contributed by atoms with Crippen molar-refractivity contribution in [2.45, 2.75) is 35.6 Å². The van der Waals surface area contributed by atoms with E-state index in [0.717, 1.165) is 29.5 Å². The van der Waals surface area contributed by atoms with Gasteiger partial charge in [0.2, 0.25) is 5.88 Å². The van der Waals surface area contributed by atoms with Crippen LogP contribution in [0.4, 0.5) is 4.39 Å². The molecule has 3 aromatic rings. The Labute approximate surface area is 184 Å². The average Bonchev–Trinajstić information content (AvgIpc) is 2.81. The third-order valence-electron chi connectivity index (χ3n) is 5.42. The Morgan fingerprint density at radius 2 is 1.94 bits per heavy atom.